The second-order valence-corrected chi connectivity index (χ2v) is 5.34. The average molecular weight is 262 g/mol. The highest BCUT2D eigenvalue weighted by atomic mass is 16.1. The van der Waals surface area contributed by atoms with Crippen LogP contribution in [0.15, 0.2) is 72.3 Å². The number of carbonyl (C=O) groups is 1. The van der Waals surface area contributed by atoms with Gasteiger partial charge in [0.2, 0.25) is 0 Å². The van der Waals surface area contributed by atoms with Crippen LogP contribution in [0.3, 0.4) is 0 Å². The van der Waals surface area contributed by atoms with Crippen LogP contribution >= 0.6 is 0 Å². The zero-order valence-corrected chi connectivity index (χ0v) is 11.5. The third-order valence-electron chi connectivity index (χ3n) is 3.70. The first kappa shape index (κ1) is 12.9. The number of allylic oxidation sites excluding steroid dienone is 2. The molecular weight excluding hydrogens is 244 g/mol. The maximum atomic E-state index is 12.4. The quantitative estimate of drug-likeness (QED) is 0.560. The van der Waals surface area contributed by atoms with E-state index in [9.17, 15) is 4.79 Å². The van der Waals surface area contributed by atoms with E-state index < -0.39 is 0 Å². The highest BCUT2D eigenvalue weighted by molar-refractivity contribution is 5.96. The summed E-state index contributed by atoms with van der Waals surface area (Å²) in [4.78, 5) is 12.4. The van der Waals surface area contributed by atoms with Crippen molar-refractivity contribution in [2.24, 2.45) is 0 Å². The van der Waals surface area contributed by atoms with Crippen LogP contribution in [-0.2, 0) is 0 Å². The van der Waals surface area contributed by atoms with Gasteiger partial charge in [0.25, 0.3) is 0 Å². The first-order chi connectivity index (χ1) is 9.83. The van der Waals surface area contributed by atoms with E-state index in [0.717, 1.165) is 5.56 Å². The van der Waals surface area contributed by atoms with Gasteiger partial charge < -0.3 is 0 Å². The minimum absolute atomic E-state index is 0.210. The molecule has 3 rings (SSSR count). The highest BCUT2D eigenvalue weighted by Gasteiger charge is 2.19. The smallest absolute Gasteiger partial charge is 0.163 e. The molecule has 1 aliphatic rings. The van der Waals surface area contributed by atoms with Crippen LogP contribution in [0.1, 0.15) is 41.1 Å². The molecule has 2 aromatic carbocycles. The van der Waals surface area contributed by atoms with E-state index in [4.69, 9.17) is 0 Å². The number of ketones is 1. The van der Waals surface area contributed by atoms with Crippen molar-refractivity contribution in [1.29, 1.82) is 0 Å². The van der Waals surface area contributed by atoms with Gasteiger partial charge in [-0.05, 0) is 18.4 Å². The minimum atomic E-state index is 0.210. The molecule has 0 aromatic heterocycles. The van der Waals surface area contributed by atoms with Gasteiger partial charge in [-0.2, -0.15) is 0 Å². The largest absolute Gasteiger partial charge is 0.294 e. The Bertz CT molecular complexity index is 605. The van der Waals surface area contributed by atoms with Gasteiger partial charge in [0.15, 0.2) is 5.78 Å². The topological polar surface area (TPSA) is 17.1 Å². The third-order valence-corrected chi connectivity index (χ3v) is 3.70. The normalized spacial score (nSPS) is 14.7. The summed E-state index contributed by atoms with van der Waals surface area (Å²) in [6.07, 6.45) is 5.24. The second-order valence-electron chi connectivity index (χ2n) is 5.34. The van der Waals surface area contributed by atoms with Crippen molar-refractivity contribution in [2.45, 2.75) is 25.2 Å². The number of rotatable bonds is 5. The first-order valence-corrected chi connectivity index (χ1v) is 7.16. The van der Waals surface area contributed by atoms with Gasteiger partial charge in [-0.25, -0.2) is 0 Å². The second kappa shape index (κ2) is 5.87. The highest BCUT2D eigenvalue weighted by Crippen LogP contribution is 2.34. The Morgan fingerprint density at radius 3 is 2.15 bits per heavy atom. The lowest BCUT2D eigenvalue weighted by Crippen LogP contribution is -2.06. The van der Waals surface area contributed by atoms with Crippen LogP contribution in [0, 0.1) is 0 Å². The molecule has 0 spiro atoms. The molecule has 1 atom stereocenters. The van der Waals surface area contributed by atoms with E-state index in [-0.39, 0.29) is 11.7 Å². The predicted octanol–water partition coefficient (Wildman–Crippen LogP) is 4.76. The molecule has 1 heteroatoms. The summed E-state index contributed by atoms with van der Waals surface area (Å²) in [7, 11) is 0. The van der Waals surface area contributed by atoms with Gasteiger partial charge in [0.05, 0.1) is 0 Å². The molecule has 0 radical (unpaired) electrons. The summed E-state index contributed by atoms with van der Waals surface area (Å²) in [6, 6.07) is 19.9. The van der Waals surface area contributed by atoms with E-state index >= 15 is 0 Å². The molecule has 0 heterocycles. The fourth-order valence-electron chi connectivity index (χ4n) is 2.44. The van der Waals surface area contributed by atoms with E-state index in [1.165, 1.54) is 24.0 Å². The molecule has 0 N–H and O–H groups in total. The summed E-state index contributed by atoms with van der Waals surface area (Å²) in [6.45, 7) is 0. The van der Waals surface area contributed by atoms with Crippen molar-refractivity contribution < 1.29 is 4.79 Å². The monoisotopic (exact) mass is 262 g/mol. The molecule has 1 unspecified atom stereocenters. The molecule has 0 bridgehead atoms. The Hall–Kier alpha value is -2.15. The van der Waals surface area contributed by atoms with Crippen LogP contribution in [0.5, 0.6) is 0 Å². The van der Waals surface area contributed by atoms with Crippen LogP contribution in [0.2, 0.25) is 0 Å². The Kier molecular flexibility index (Phi) is 3.78. The molecule has 1 saturated carbocycles. The van der Waals surface area contributed by atoms with E-state index in [1.807, 2.05) is 48.5 Å². The molecule has 20 heavy (non-hydrogen) atoms. The van der Waals surface area contributed by atoms with E-state index in [2.05, 4.69) is 18.2 Å². The van der Waals surface area contributed by atoms with Gasteiger partial charge >= 0.3 is 0 Å². The number of hydrogen-bond donors (Lipinski definition) is 0. The van der Waals surface area contributed by atoms with Crippen LogP contribution in [-0.4, -0.2) is 5.78 Å². The van der Waals surface area contributed by atoms with E-state index in [0.29, 0.717) is 6.42 Å². The fraction of sp³-hybridized carbons (Fsp3) is 0.211. The lowest BCUT2D eigenvalue weighted by molar-refractivity contribution is 0.0978. The summed E-state index contributed by atoms with van der Waals surface area (Å²) in [5, 5.41) is 0. The Morgan fingerprint density at radius 2 is 1.55 bits per heavy atom. The van der Waals surface area contributed by atoms with Crippen molar-refractivity contribution in [1.82, 2.24) is 0 Å². The molecule has 0 saturated heterocycles. The molecule has 1 aliphatic carbocycles. The average Bonchev–Trinajstić information content (AvgIpc) is 3.32. The lowest BCUT2D eigenvalue weighted by atomic mass is 9.91. The maximum Gasteiger partial charge on any atom is 0.163 e. The van der Waals surface area contributed by atoms with Crippen molar-refractivity contribution in [3.63, 3.8) is 0 Å². The van der Waals surface area contributed by atoms with Gasteiger partial charge in [0, 0.05) is 17.9 Å². The number of carbonyl (C=O) groups excluding carboxylic acids is 1. The summed E-state index contributed by atoms with van der Waals surface area (Å²) in [5.74, 6) is 0.429. The zero-order chi connectivity index (χ0) is 13.8. The van der Waals surface area contributed by atoms with Gasteiger partial charge in [-0.15, -0.1) is 0 Å². The fourth-order valence-corrected chi connectivity index (χ4v) is 2.44. The minimum Gasteiger partial charge on any atom is -0.294 e. The van der Waals surface area contributed by atoms with Crippen molar-refractivity contribution in [3.05, 3.63) is 83.4 Å². The summed E-state index contributed by atoms with van der Waals surface area (Å²) >= 11 is 0. The van der Waals surface area contributed by atoms with Crippen molar-refractivity contribution in [3.8, 4) is 0 Å². The molecule has 100 valence electrons. The molecule has 2 aromatic rings. The Morgan fingerprint density at radius 1 is 0.950 bits per heavy atom. The predicted molar refractivity (Wildman–Crippen MR) is 81.9 cm³/mol. The molecule has 0 aliphatic heterocycles. The zero-order valence-electron chi connectivity index (χ0n) is 11.5. The van der Waals surface area contributed by atoms with Gasteiger partial charge in [0.1, 0.15) is 0 Å². The van der Waals surface area contributed by atoms with Crippen LogP contribution in [0.4, 0.5) is 0 Å². The van der Waals surface area contributed by atoms with Crippen LogP contribution in [0.25, 0.3) is 0 Å². The van der Waals surface area contributed by atoms with E-state index in [1.54, 1.807) is 0 Å². The van der Waals surface area contributed by atoms with Crippen molar-refractivity contribution in [2.75, 3.05) is 0 Å². The van der Waals surface area contributed by atoms with Crippen molar-refractivity contribution >= 4 is 5.78 Å². The maximum absolute atomic E-state index is 12.4. The molecule has 0 amide bonds. The molecular formula is C19H18O. The van der Waals surface area contributed by atoms with Gasteiger partial charge in [-0.3, -0.25) is 4.79 Å². The number of benzene rings is 2. The SMILES string of the molecule is O=C(CC(C=C1CC1)c1ccccc1)c1ccccc1. The first-order valence-electron chi connectivity index (χ1n) is 7.16. The Labute approximate surface area is 120 Å². The number of Topliss-reactive ketones (excluding diaryl/α,β-unsaturated/α-hetero) is 1. The molecule has 1 fully saturated rings. The summed E-state index contributed by atoms with van der Waals surface area (Å²) in [5.41, 5.74) is 3.53. The van der Waals surface area contributed by atoms with Gasteiger partial charge in [-0.1, -0.05) is 72.3 Å². The summed E-state index contributed by atoms with van der Waals surface area (Å²) < 4.78 is 0. The lowest BCUT2D eigenvalue weighted by Gasteiger charge is -2.12. The third kappa shape index (κ3) is 3.24. The van der Waals surface area contributed by atoms with Crippen LogP contribution < -0.4 is 0 Å². The number of hydrogen-bond acceptors (Lipinski definition) is 1. The Balaban J connectivity index is 1.80. The molecule has 1 nitrogen and oxygen atoms in total. The standard InChI is InChI=1S/C19H18O/c20-19(17-9-5-2-6-10-17)14-18(13-15-11-12-15)16-7-3-1-4-8-16/h1-10,13,18H,11-12,14H2.